The lowest BCUT2D eigenvalue weighted by Gasteiger charge is -2.33. The molecule has 0 unspecified atom stereocenters. The molecule has 4 rings (SSSR count). The van der Waals surface area contributed by atoms with Gasteiger partial charge in [-0.3, -0.25) is 14.2 Å². The van der Waals surface area contributed by atoms with Crippen LogP contribution in [0.2, 0.25) is 0 Å². The predicted octanol–water partition coefficient (Wildman–Crippen LogP) is 2.02. The summed E-state index contributed by atoms with van der Waals surface area (Å²) < 4.78 is 1.37. The Labute approximate surface area is 175 Å². The largest absolute Gasteiger partial charge is 0.341 e. The van der Waals surface area contributed by atoms with Crippen LogP contribution in [-0.4, -0.2) is 51.6 Å². The smallest absolute Gasteiger partial charge is 0.315 e. The number of carbonyl (C=O) groups excluding carboxylic acids is 2. The minimum absolute atomic E-state index is 0.0169. The summed E-state index contributed by atoms with van der Waals surface area (Å²) in [5, 5.41) is 6.64. The molecule has 1 saturated heterocycles. The van der Waals surface area contributed by atoms with E-state index in [9.17, 15) is 14.4 Å². The van der Waals surface area contributed by atoms with Crippen LogP contribution in [0.15, 0.2) is 35.4 Å². The van der Waals surface area contributed by atoms with Gasteiger partial charge in [-0.25, -0.2) is 9.78 Å². The van der Waals surface area contributed by atoms with E-state index in [0.717, 1.165) is 12.8 Å². The fourth-order valence-electron chi connectivity index (χ4n) is 4.40. The van der Waals surface area contributed by atoms with Gasteiger partial charge in [-0.2, -0.15) is 0 Å². The zero-order chi connectivity index (χ0) is 20.9. The van der Waals surface area contributed by atoms with Crippen molar-refractivity contribution in [2.24, 2.45) is 0 Å². The number of hydrogen-bond acceptors (Lipinski definition) is 4. The van der Waals surface area contributed by atoms with Gasteiger partial charge < -0.3 is 15.5 Å². The Kier molecular flexibility index (Phi) is 6.30. The first-order valence-corrected chi connectivity index (χ1v) is 10.9. The van der Waals surface area contributed by atoms with E-state index in [1.54, 1.807) is 23.1 Å². The quantitative estimate of drug-likeness (QED) is 0.804. The minimum Gasteiger partial charge on any atom is -0.341 e. The number of amides is 3. The van der Waals surface area contributed by atoms with Crippen LogP contribution in [0.25, 0.3) is 10.9 Å². The van der Waals surface area contributed by atoms with Gasteiger partial charge in [0.15, 0.2) is 0 Å². The van der Waals surface area contributed by atoms with E-state index in [2.05, 4.69) is 15.6 Å². The van der Waals surface area contributed by atoms with Gasteiger partial charge in [-0.15, -0.1) is 0 Å². The van der Waals surface area contributed by atoms with E-state index in [1.165, 1.54) is 30.2 Å². The Hall–Kier alpha value is -2.90. The van der Waals surface area contributed by atoms with E-state index >= 15 is 0 Å². The molecule has 0 atom stereocenters. The van der Waals surface area contributed by atoms with Crippen LogP contribution in [0.4, 0.5) is 4.79 Å². The third kappa shape index (κ3) is 4.80. The number of urea groups is 1. The van der Waals surface area contributed by atoms with E-state index < -0.39 is 0 Å². The molecule has 1 saturated carbocycles. The van der Waals surface area contributed by atoms with Gasteiger partial charge in [0, 0.05) is 25.2 Å². The lowest BCUT2D eigenvalue weighted by molar-refractivity contribution is -0.133. The summed E-state index contributed by atoms with van der Waals surface area (Å²) >= 11 is 0. The maximum Gasteiger partial charge on any atom is 0.315 e. The molecular weight excluding hydrogens is 382 g/mol. The van der Waals surface area contributed by atoms with Crippen molar-refractivity contribution >= 4 is 22.8 Å². The van der Waals surface area contributed by atoms with Gasteiger partial charge in [-0.05, 0) is 37.8 Å². The van der Waals surface area contributed by atoms with E-state index in [-0.39, 0.29) is 36.1 Å². The number of carbonyl (C=O) groups is 2. The molecule has 1 aliphatic heterocycles. The maximum absolute atomic E-state index is 12.7. The van der Waals surface area contributed by atoms with Gasteiger partial charge in [0.2, 0.25) is 5.91 Å². The van der Waals surface area contributed by atoms with Crippen molar-refractivity contribution in [3.05, 3.63) is 40.9 Å². The second-order valence-corrected chi connectivity index (χ2v) is 8.30. The monoisotopic (exact) mass is 411 g/mol. The molecular formula is C22H29N5O3. The number of benzene rings is 1. The first-order valence-electron chi connectivity index (χ1n) is 10.9. The van der Waals surface area contributed by atoms with Crippen LogP contribution < -0.4 is 16.2 Å². The molecule has 2 aromatic rings. The fraction of sp³-hybridized carbons (Fsp3) is 0.545. The van der Waals surface area contributed by atoms with Crippen molar-refractivity contribution in [1.82, 2.24) is 25.1 Å². The fourth-order valence-corrected chi connectivity index (χ4v) is 4.40. The average Bonchev–Trinajstić information content (AvgIpc) is 2.77. The number of nitrogens with zero attached hydrogens (tertiary/aromatic N) is 3. The summed E-state index contributed by atoms with van der Waals surface area (Å²) in [7, 11) is 0. The standard InChI is InChI=1S/C22H29N5O3/c28-20(14-27-15-23-19-9-5-4-8-18(19)21(27)29)26-12-10-17(11-13-26)25-22(30)24-16-6-2-1-3-7-16/h4-5,8-9,15-17H,1-3,6-7,10-14H2,(H2,24,25,30). The van der Waals surface area contributed by atoms with Crippen LogP contribution in [0.1, 0.15) is 44.9 Å². The van der Waals surface area contributed by atoms with Crippen LogP contribution in [0.5, 0.6) is 0 Å². The summed E-state index contributed by atoms with van der Waals surface area (Å²) in [6, 6.07) is 7.39. The van der Waals surface area contributed by atoms with Crippen molar-refractivity contribution in [2.75, 3.05) is 13.1 Å². The van der Waals surface area contributed by atoms with Crippen molar-refractivity contribution in [3.8, 4) is 0 Å². The summed E-state index contributed by atoms with van der Waals surface area (Å²) in [6.45, 7) is 1.13. The zero-order valence-corrected chi connectivity index (χ0v) is 17.2. The summed E-state index contributed by atoms with van der Waals surface area (Å²) in [5.74, 6) is -0.0979. The average molecular weight is 412 g/mol. The van der Waals surface area contributed by atoms with Crippen LogP contribution in [0, 0.1) is 0 Å². The topological polar surface area (TPSA) is 96.3 Å². The van der Waals surface area contributed by atoms with Crippen molar-refractivity contribution in [3.63, 3.8) is 0 Å². The molecule has 0 spiro atoms. The molecule has 2 aliphatic rings. The maximum atomic E-state index is 12.7. The molecule has 1 aromatic heterocycles. The second-order valence-electron chi connectivity index (χ2n) is 8.30. The number of hydrogen-bond donors (Lipinski definition) is 2. The van der Waals surface area contributed by atoms with Crippen LogP contribution in [-0.2, 0) is 11.3 Å². The van der Waals surface area contributed by atoms with E-state index in [4.69, 9.17) is 0 Å². The van der Waals surface area contributed by atoms with Gasteiger partial charge >= 0.3 is 6.03 Å². The number of rotatable bonds is 4. The molecule has 2 N–H and O–H groups in total. The van der Waals surface area contributed by atoms with Crippen molar-refractivity contribution in [2.45, 2.75) is 63.6 Å². The van der Waals surface area contributed by atoms with Crippen LogP contribution in [0.3, 0.4) is 0 Å². The van der Waals surface area contributed by atoms with Crippen molar-refractivity contribution in [1.29, 1.82) is 0 Å². The molecule has 8 nitrogen and oxygen atoms in total. The number of aromatic nitrogens is 2. The van der Waals surface area contributed by atoms with Gasteiger partial charge in [0.05, 0.1) is 17.2 Å². The van der Waals surface area contributed by atoms with Gasteiger partial charge in [0.25, 0.3) is 5.56 Å². The number of piperidine rings is 1. The molecule has 1 aromatic carbocycles. The molecule has 8 heteroatoms. The summed E-state index contributed by atoms with van der Waals surface area (Å²) in [6.07, 6.45) is 8.61. The number of para-hydroxylation sites is 1. The molecule has 30 heavy (non-hydrogen) atoms. The molecule has 160 valence electrons. The normalized spacial score (nSPS) is 18.3. The highest BCUT2D eigenvalue weighted by Crippen LogP contribution is 2.17. The van der Waals surface area contributed by atoms with Crippen molar-refractivity contribution < 1.29 is 9.59 Å². The number of fused-ring (bicyclic) bond motifs is 1. The summed E-state index contributed by atoms with van der Waals surface area (Å²) in [5.41, 5.74) is 0.425. The van der Waals surface area contributed by atoms with Crippen LogP contribution >= 0.6 is 0 Å². The molecule has 2 fully saturated rings. The Balaban J connectivity index is 1.27. The Bertz CT molecular complexity index is 959. The number of nitrogens with one attached hydrogen (secondary N) is 2. The highest BCUT2D eigenvalue weighted by atomic mass is 16.2. The Morgan fingerprint density at radius 2 is 1.63 bits per heavy atom. The third-order valence-electron chi connectivity index (χ3n) is 6.16. The zero-order valence-electron chi connectivity index (χ0n) is 17.2. The molecule has 0 radical (unpaired) electrons. The molecule has 3 amide bonds. The molecule has 0 bridgehead atoms. The van der Waals surface area contributed by atoms with Gasteiger partial charge in [-0.1, -0.05) is 31.4 Å². The summed E-state index contributed by atoms with van der Waals surface area (Å²) in [4.78, 5) is 43.5. The second kappa shape index (κ2) is 9.28. The highest BCUT2D eigenvalue weighted by molar-refractivity contribution is 5.79. The molecule has 2 heterocycles. The first kappa shape index (κ1) is 20.4. The third-order valence-corrected chi connectivity index (χ3v) is 6.16. The van der Waals surface area contributed by atoms with E-state index in [0.29, 0.717) is 36.8 Å². The highest BCUT2D eigenvalue weighted by Gasteiger charge is 2.25. The number of likely N-dealkylation sites (tertiary alicyclic amines) is 1. The molecule has 1 aliphatic carbocycles. The predicted molar refractivity (Wildman–Crippen MR) is 114 cm³/mol. The van der Waals surface area contributed by atoms with E-state index in [1.807, 2.05) is 6.07 Å². The Morgan fingerprint density at radius 1 is 0.967 bits per heavy atom. The minimum atomic E-state index is -0.204. The first-order chi connectivity index (χ1) is 14.6. The van der Waals surface area contributed by atoms with Gasteiger partial charge in [0.1, 0.15) is 6.54 Å². The SMILES string of the molecule is O=C(NC1CCCCC1)NC1CCN(C(=O)Cn2cnc3ccccc3c2=O)CC1. The lowest BCUT2D eigenvalue weighted by Crippen LogP contribution is -2.51. The lowest BCUT2D eigenvalue weighted by atomic mass is 9.96. The Morgan fingerprint density at radius 3 is 2.37 bits per heavy atom.